The topological polar surface area (TPSA) is 95.8 Å². The predicted molar refractivity (Wildman–Crippen MR) is 120 cm³/mol. The second-order valence-corrected chi connectivity index (χ2v) is 6.34. The van der Waals surface area contributed by atoms with Crippen LogP contribution in [0.25, 0.3) is 0 Å². The second-order valence-electron chi connectivity index (χ2n) is 6.34. The van der Waals surface area contributed by atoms with Crippen LogP contribution in [0.4, 0.5) is 11.4 Å². The fraction of sp³-hybridized carbons (Fsp3) is 0.250. The van der Waals surface area contributed by atoms with E-state index in [0.717, 1.165) is 12.2 Å². The van der Waals surface area contributed by atoms with Crippen molar-refractivity contribution in [1.82, 2.24) is 0 Å². The first-order valence-electron chi connectivity index (χ1n) is 10.1. The molecule has 2 rings (SSSR count). The molecule has 2 aromatic rings. The largest absolute Gasteiger partial charge is 0.493 e. The molecule has 0 aliphatic rings. The van der Waals surface area contributed by atoms with E-state index in [4.69, 9.17) is 18.9 Å². The van der Waals surface area contributed by atoms with Gasteiger partial charge in [0.1, 0.15) is 11.5 Å². The summed E-state index contributed by atoms with van der Waals surface area (Å²) in [6, 6.07) is 14.4. The summed E-state index contributed by atoms with van der Waals surface area (Å²) in [5.41, 5.74) is 1.37. The highest BCUT2D eigenvalue weighted by Crippen LogP contribution is 2.23. The summed E-state index contributed by atoms with van der Waals surface area (Å²) < 4.78 is 20.9. The summed E-state index contributed by atoms with van der Waals surface area (Å²) in [6.07, 6.45) is 3.43. The van der Waals surface area contributed by atoms with Crippen LogP contribution in [0.1, 0.15) is 12.8 Å². The minimum atomic E-state index is -0.439. The zero-order valence-electron chi connectivity index (χ0n) is 17.8. The number of azo groups is 1. The van der Waals surface area contributed by atoms with Gasteiger partial charge in [0.2, 0.25) is 0 Å². The van der Waals surface area contributed by atoms with Crippen molar-refractivity contribution in [2.75, 3.05) is 26.4 Å². The maximum Gasteiger partial charge on any atom is 0.330 e. The van der Waals surface area contributed by atoms with Crippen molar-refractivity contribution in [2.24, 2.45) is 10.2 Å². The smallest absolute Gasteiger partial charge is 0.330 e. The van der Waals surface area contributed by atoms with Crippen molar-refractivity contribution >= 4 is 23.3 Å². The maximum atomic E-state index is 10.9. The van der Waals surface area contributed by atoms with Crippen LogP contribution in [0, 0.1) is 0 Å². The first kappa shape index (κ1) is 24.3. The Kier molecular flexibility index (Phi) is 10.7. The third-order valence-corrected chi connectivity index (χ3v) is 3.89. The molecule has 168 valence electrons. The Bertz CT molecular complexity index is 832. The van der Waals surface area contributed by atoms with E-state index in [0.29, 0.717) is 48.9 Å². The van der Waals surface area contributed by atoms with E-state index in [2.05, 4.69) is 23.4 Å². The molecule has 0 saturated carbocycles. The fourth-order valence-corrected chi connectivity index (χ4v) is 2.29. The van der Waals surface area contributed by atoms with Gasteiger partial charge in [-0.1, -0.05) is 13.2 Å². The Balaban J connectivity index is 1.70. The van der Waals surface area contributed by atoms with Crippen molar-refractivity contribution in [2.45, 2.75) is 12.8 Å². The van der Waals surface area contributed by atoms with E-state index in [-0.39, 0.29) is 13.2 Å². The first-order valence-corrected chi connectivity index (χ1v) is 10.1. The molecule has 0 heterocycles. The van der Waals surface area contributed by atoms with Crippen LogP contribution in [-0.4, -0.2) is 38.4 Å². The predicted octanol–water partition coefficient (Wildman–Crippen LogP) is 5.10. The second kappa shape index (κ2) is 14.1. The Morgan fingerprint density at radius 2 is 1.03 bits per heavy atom. The third kappa shape index (κ3) is 9.71. The molecule has 2 aromatic carbocycles. The maximum absolute atomic E-state index is 10.9. The summed E-state index contributed by atoms with van der Waals surface area (Å²) in [4.78, 5) is 21.9. The van der Waals surface area contributed by atoms with Crippen LogP contribution < -0.4 is 9.47 Å². The monoisotopic (exact) mass is 438 g/mol. The number of nitrogens with zero attached hydrogens (tertiary/aromatic N) is 2. The van der Waals surface area contributed by atoms with E-state index in [9.17, 15) is 9.59 Å². The third-order valence-electron chi connectivity index (χ3n) is 3.89. The molecule has 0 radical (unpaired) electrons. The number of benzene rings is 2. The SMILES string of the molecule is C=CC(=O)OCCCOc1ccc(N=Nc2ccc(OCCCOC(=O)C=C)cc2)cc1. The highest BCUT2D eigenvalue weighted by molar-refractivity contribution is 5.81. The van der Waals surface area contributed by atoms with Crippen LogP contribution in [0.5, 0.6) is 11.5 Å². The van der Waals surface area contributed by atoms with Gasteiger partial charge in [0.15, 0.2) is 0 Å². The summed E-state index contributed by atoms with van der Waals surface area (Å²) in [7, 11) is 0. The first-order chi connectivity index (χ1) is 15.6. The fourth-order valence-electron chi connectivity index (χ4n) is 2.29. The molecule has 0 amide bonds. The van der Waals surface area contributed by atoms with Crippen LogP contribution in [0.15, 0.2) is 84.1 Å². The Labute approximate surface area is 187 Å². The van der Waals surface area contributed by atoms with Crippen molar-refractivity contribution in [3.8, 4) is 11.5 Å². The standard InChI is InChI=1S/C24H26N2O6/c1-3-23(27)31-17-5-15-29-21-11-7-19(8-12-21)25-26-20-9-13-22(14-10-20)30-16-6-18-32-24(28)4-2/h3-4,7-14H,1-2,5-6,15-18H2. The van der Waals surface area contributed by atoms with Crippen LogP contribution in [0.3, 0.4) is 0 Å². The molecule has 0 saturated heterocycles. The van der Waals surface area contributed by atoms with Crippen LogP contribution in [0.2, 0.25) is 0 Å². The number of hydrogen-bond acceptors (Lipinski definition) is 8. The molecule has 0 fully saturated rings. The molecular formula is C24H26N2O6. The number of rotatable bonds is 14. The summed E-state index contributed by atoms with van der Waals surface area (Å²) in [5.74, 6) is 0.510. The van der Waals surface area contributed by atoms with Crippen molar-refractivity contribution in [3.05, 3.63) is 73.8 Å². The van der Waals surface area contributed by atoms with Crippen molar-refractivity contribution < 1.29 is 28.5 Å². The number of carbonyl (C=O) groups excluding carboxylic acids is 2. The van der Waals surface area contributed by atoms with E-state index < -0.39 is 11.9 Å². The van der Waals surface area contributed by atoms with Crippen molar-refractivity contribution in [3.63, 3.8) is 0 Å². The number of carbonyl (C=O) groups is 2. The average Bonchev–Trinajstić information content (AvgIpc) is 2.83. The Morgan fingerprint density at radius 3 is 1.38 bits per heavy atom. The molecule has 0 N–H and O–H groups in total. The van der Waals surface area contributed by atoms with E-state index >= 15 is 0 Å². The zero-order valence-corrected chi connectivity index (χ0v) is 17.8. The molecule has 8 nitrogen and oxygen atoms in total. The van der Waals surface area contributed by atoms with Gasteiger partial charge in [0, 0.05) is 25.0 Å². The number of ether oxygens (including phenoxy) is 4. The molecule has 0 aromatic heterocycles. The minimum absolute atomic E-state index is 0.284. The Morgan fingerprint density at radius 1 is 0.656 bits per heavy atom. The molecular weight excluding hydrogens is 412 g/mol. The van der Waals surface area contributed by atoms with E-state index in [1.54, 1.807) is 48.5 Å². The zero-order chi connectivity index (χ0) is 23.0. The van der Waals surface area contributed by atoms with Gasteiger partial charge in [0.25, 0.3) is 0 Å². The lowest BCUT2D eigenvalue weighted by Gasteiger charge is -2.06. The van der Waals surface area contributed by atoms with Gasteiger partial charge in [-0.25, -0.2) is 9.59 Å². The highest BCUT2D eigenvalue weighted by Gasteiger charge is 1.99. The molecule has 0 atom stereocenters. The molecule has 8 heteroatoms. The number of esters is 2. The molecule has 0 aliphatic heterocycles. The molecule has 0 bridgehead atoms. The van der Waals surface area contributed by atoms with E-state index in [1.807, 2.05) is 0 Å². The van der Waals surface area contributed by atoms with E-state index in [1.165, 1.54) is 0 Å². The lowest BCUT2D eigenvalue weighted by atomic mass is 10.3. The van der Waals surface area contributed by atoms with Gasteiger partial charge in [-0.3, -0.25) is 0 Å². The Hall–Kier alpha value is -3.94. The lowest BCUT2D eigenvalue weighted by Crippen LogP contribution is -2.06. The van der Waals surface area contributed by atoms with Gasteiger partial charge < -0.3 is 18.9 Å². The van der Waals surface area contributed by atoms with Gasteiger partial charge >= 0.3 is 11.9 Å². The molecule has 0 unspecified atom stereocenters. The molecule has 32 heavy (non-hydrogen) atoms. The summed E-state index contributed by atoms with van der Waals surface area (Å²) in [6.45, 7) is 8.10. The molecule has 0 aliphatic carbocycles. The highest BCUT2D eigenvalue weighted by atomic mass is 16.5. The van der Waals surface area contributed by atoms with Gasteiger partial charge in [0.05, 0.1) is 37.8 Å². The van der Waals surface area contributed by atoms with Crippen LogP contribution >= 0.6 is 0 Å². The van der Waals surface area contributed by atoms with Gasteiger partial charge in [-0.15, -0.1) is 0 Å². The van der Waals surface area contributed by atoms with Gasteiger partial charge in [-0.05, 0) is 48.5 Å². The normalized spacial score (nSPS) is 10.4. The minimum Gasteiger partial charge on any atom is -0.493 e. The quantitative estimate of drug-likeness (QED) is 0.176. The summed E-state index contributed by atoms with van der Waals surface area (Å²) in [5, 5.41) is 8.40. The average molecular weight is 438 g/mol. The number of hydrogen-bond donors (Lipinski definition) is 0. The summed E-state index contributed by atoms with van der Waals surface area (Å²) >= 11 is 0. The lowest BCUT2D eigenvalue weighted by molar-refractivity contribution is -0.138. The van der Waals surface area contributed by atoms with Crippen LogP contribution in [-0.2, 0) is 19.1 Å². The molecule has 0 spiro atoms. The van der Waals surface area contributed by atoms with Crippen molar-refractivity contribution in [1.29, 1.82) is 0 Å². The van der Waals surface area contributed by atoms with Gasteiger partial charge in [-0.2, -0.15) is 10.2 Å².